The molecule has 0 heterocycles. The van der Waals surface area contributed by atoms with E-state index in [4.69, 9.17) is 0 Å². The van der Waals surface area contributed by atoms with E-state index in [1.807, 2.05) is 0 Å². The summed E-state index contributed by atoms with van der Waals surface area (Å²) in [7, 11) is 0. The lowest BCUT2D eigenvalue weighted by Gasteiger charge is -2.45. The molecule has 0 saturated carbocycles. The van der Waals surface area contributed by atoms with E-state index in [9.17, 15) is 88.2 Å². The second kappa shape index (κ2) is 8.77. The van der Waals surface area contributed by atoms with Crippen LogP contribution in [0.4, 0.5) is 83.4 Å². The van der Waals surface area contributed by atoms with Crippen LogP contribution >= 0.6 is 0 Å². The Morgan fingerprint density at radius 1 is 0.571 bits per heavy atom. The number of carbonyl (C=O) groups is 1. The summed E-state index contributed by atoms with van der Waals surface area (Å²) >= 11 is 0. The van der Waals surface area contributed by atoms with E-state index in [1.54, 1.807) is 0 Å². The van der Waals surface area contributed by atoms with Gasteiger partial charge in [-0.05, 0) is 0 Å². The molecular weight excluding hydrogens is 561 g/mol. The highest BCUT2D eigenvalue weighted by molar-refractivity contribution is 5.81. The molecule has 21 heteroatoms. The number of hydrogen-bond donors (Lipinski definition) is 0. The maximum atomic E-state index is 13.5. The van der Waals surface area contributed by atoms with Crippen molar-refractivity contribution in [2.75, 3.05) is 6.61 Å². The zero-order valence-electron chi connectivity index (χ0n) is 15.7. The zero-order chi connectivity index (χ0) is 28.9. The minimum absolute atomic E-state index is 0.145. The van der Waals surface area contributed by atoms with Crippen LogP contribution in [-0.4, -0.2) is 66.1 Å². The van der Waals surface area contributed by atoms with Gasteiger partial charge in [0.2, 0.25) is 0 Å². The second-order valence-corrected chi connectivity index (χ2v) is 6.35. The Bertz CT molecular complexity index is 776. The normalized spacial score (nSPS) is 15.7. The Balaban J connectivity index is 6.78. The molecule has 0 aromatic rings. The molecule has 0 amide bonds. The molecule has 0 aliphatic carbocycles. The highest BCUT2D eigenvalue weighted by Gasteiger charge is 2.98. The first-order valence-corrected chi connectivity index (χ1v) is 7.84. The predicted octanol–water partition coefficient (Wildman–Crippen LogP) is 6.75. The fourth-order valence-electron chi connectivity index (χ4n) is 2.05. The molecule has 0 aromatic heterocycles. The smallest absolute Gasteiger partial charge is 0.438 e. The van der Waals surface area contributed by atoms with Gasteiger partial charge >= 0.3 is 59.5 Å². The number of halogens is 19. The summed E-state index contributed by atoms with van der Waals surface area (Å²) in [6.07, 6.45) is -19.4. The molecule has 0 rings (SSSR count). The molecule has 0 aliphatic rings. The Morgan fingerprint density at radius 2 is 0.886 bits per heavy atom. The minimum atomic E-state index is -9.06. The van der Waals surface area contributed by atoms with Gasteiger partial charge in [0.25, 0.3) is 0 Å². The van der Waals surface area contributed by atoms with Gasteiger partial charge in [0.15, 0.2) is 0 Å². The summed E-state index contributed by atoms with van der Waals surface area (Å²) < 4.78 is 253. The van der Waals surface area contributed by atoms with Crippen LogP contribution < -0.4 is 0 Å². The van der Waals surface area contributed by atoms with Crippen molar-refractivity contribution in [3.05, 3.63) is 12.7 Å². The number of ether oxygens (including phenoxy) is 1. The van der Waals surface area contributed by atoms with Gasteiger partial charge in [0.1, 0.15) is 0 Å². The summed E-state index contributed by atoms with van der Waals surface area (Å²) in [5.74, 6) is -52.0. The summed E-state index contributed by atoms with van der Waals surface area (Å²) in [5.41, 5.74) is -8.77. The summed E-state index contributed by atoms with van der Waals surface area (Å²) in [5, 5.41) is 0. The number of carbonyl (C=O) groups excluding carboxylic acids is 1. The molecular formula is C14H7F19O2. The van der Waals surface area contributed by atoms with Gasteiger partial charge in [0, 0.05) is 6.08 Å². The van der Waals surface area contributed by atoms with Crippen molar-refractivity contribution in [3.8, 4) is 0 Å². The monoisotopic (exact) mass is 568 g/mol. The lowest BCUT2D eigenvalue weighted by atomic mass is 9.83. The van der Waals surface area contributed by atoms with E-state index >= 15 is 0 Å². The number of esters is 1. The lowest BCUT2D eigenvalue weighted by molar-refractivity contribution is -0.472. The van der Waals surface area contributed by atoms with Gasteiger partial charge in [0.05, 0.1) is 13.0 Å². The van der Waals surface area contributed by atoms with Crippen LogP contribution in [0.5, 0.6) is 0 Å². The van der Waals surface area contributed by atoms with Crippen molar-refractivity contribution in [1.82, 2.24) is 0 Å². The molecule has 0 fully saturated rings. The first-order valence-electron chi connectivity index (χ1n) is 7.84. The third kappa shape index (κ3) is 4.57. The molecule has 208 valence electrons. The minimum Gasteiger partial charge on any atom is -0.462 e. The van der Waals surface area contributed by atoms with Crippen molar-refractivity contribution >= 4 is 5.97 Å². The summed E-state index contributed by atoms with van der Waals surface area (Å²) in [4.78, 5) is 10.6. The molecule has 0 radical (unpaired) electrons. The molecule has 0 spiro atoms. The van der Waals surface area contributed by atoms with Gasteiger partial charge in [-0.1, -0.05) is 6.58 Å². The highest BCUT2D eigenvalue weighted by Crippen LogP contribution is 2.66. The van der Waals surface area contributed by atoms with E-state index in [0.29, 0.717) is 0 Å². The molecule has 0 saturated heterocycles. The molecule has 0 aliphatic heterocycles. The molecule has 35 heavy (non-hydrogen) atoms. The molecule has 0 N–H and O–H groups in total. The topological polar surface area (TPSA) is 26.3 Å². The van der Waals surface area contributed by atoms with Crippen LogP contribution in [0.2, 0.25) is 0 Å². The van der Waals surface area contributed by atoms with E-state index in [2.05, 4.69) is 11.3 Å². The number of alkyl halides is 19. The van der Waals surface area contributed by atoms with Crippen LogP contribution in [0.25, 0.3) is 0 Å². The molecule has 2 nitrogen and oxygen atoms in total. The molecule has 0 bridgehead atoms. The van der Waals surface area contributed by atoms with Gasteiger partial charge in [-0.3, -0.25) is 0 Å². The SMILES string of the molecule is C=CC(=O)OCCC(F)(F)C(F)(F)C(F)(F)C(F)(F)C(F)(F)C(F)(F)C(F)(C(F)(F)F)C(F)(F)F. The van der Waals surface area contributed by atoms with Crippen LogP contribution in [0.15, 0.2) is 12.7 Å². The third-order valence-corrected chi connectivity index (χ3v) is 4.08. The average Bonchev–Trinajstić information content (AvgIpc) is 2.64. The number of rotatable bonds is 10. The second-order valence-electron chi connectivity index (χ2n) is 6.35. The predicted molar refractivity (Wildman–Crippen MR) is 71.4 cm³/mol. The van der Waals surface area contributed by atoms with Gasteiger partial charge in [-0.2, -0.15) is 79.0 Å². The Labute approximate surface area is 179 Å². The highest BCUT2D eigenvalue weighted by atomic mass is 19.4. The van der Waals surface area contributed by atoms with Crippen molar-refractivity contribution in [1.29, 1.82) is 0 Å². The van der Waals surface area contributed by atoms with Crippen molar-refractivity contribution < 1.29 is 92.9 Å². The maximum absolute atomic E-state index is 13.5. The first kappa shape index (κ1) is 32.9. The van der Waals surface area contributed by atoms with E-state index in [1.165, 1.54) is 0 Å². The fourth-order valence-corrected chi connectivity index (χ4v) is 2.05. The molecule has 0 atom stereocenters. The summed E-state index contributed by atoms with van der Waals surface area (Å²) in [6, 6.07) is 0. The maximum Gasteiger partial charge on any atom is 0.438 e. The molecule has 0 aromatic carbocycles. The van der Waals surface area contributed by atoms with Crippen molar-refractivity contribution in [2.24, 2.45) is 0 Å². The van der Waals surface area contributed by atoms with Crippen LogP contribution in [0.3, 0.4) is 0 Å². The Morgan fingerprint density at radius 3 is 1.20 bits per heavy atom. The molecule has 0 unspecified atom stereocenters. The zero-order valence-corrected chi connectivity index (χ0v) is 15.7. The van der Waals surface area contributed by atoms with E-state index in [-0.39, 0.29) is 6.08 Å². The number of hydrogen-bond acceptors (Lipinski definition) is 2. The van der Waals surface area contributed by atoms with Crippen LogP contribution in [0, 0.1) is 0 Å². The first-order chi connectivity index (χ1) is 15.0. The fraction of sp³-hybridized carbons (Fsp3) is 0.786. The van der Waals surface area contributed by atoms with Gasteiger partial charge < -0.3 is 4.74 Å². The van der Waals surface area contributed by atoms with Crippen molar-refractivity contribution in [3.63, 3.8) is 0 Å². The van der Waals surface area contributed by atoms with E-state index in [0.717, 1.165) is 0 Å². The van der Waals surface area contributed by atoms with E-state index < -0.39 is 72.6 Å². The van der Waals surface area contributed by atoms with Crippen molar-refractivity contribution in [2.45, 2.75) is 60.0 Å². The van der Waals surface area contributed by atoms with Gasteiger partial charge in [-0.15, -0.1) is 0 Å². The largest absolute Gasteiger partial charge is 0.462 e. The van der Waals surface area contributed by atoms with Crippen LogP contribution in [0.1, 0.15) is 6.42 Å². The Hall–Kier alpha value is -2.12. The van der Waals surface area contributed by atoms with Gasteiger partial charge in [-0.25, -0.2) is 9.18 Å². The van der Waals surface area contributed by atoms with Crippen LogP contribution in [-0.2, 0) is 9.53 Å². The standard InChI is InChI=1S/C14H7F19O2/c1-2-5(34)35-4-3-6(15,16)8(18,19)10(22,23)12(26,27)11(24,25)9(20,21)7(17,13(28,29)30)14(31,32)33/h2H,1,3-4H2. The Kier molecular flexibility index (Phi) is 8.24. The summed E-state index contributed by atoms with van der Waals surface area (Å²) in [6.45, 7) is 0.540. The lowest BCUT2D eigenvalue weighted by Crippen LogP contribution is -2.77. The quantitative estimate of drug-likeness (QED) is 0.166. The average molecular weight is 568 g/mol. The third-order valence-electron chi connectivity index (χ3n) is 4.08.